The van der Waals surface area contributed by atoms with Crippen molar-refractivity contribution in [3.63, 3.8) is 0 Å². The van der Waals surface area contributed by atoms with Gasteiger partial charge in [-0.25, -0.2) is 0 Å². The highest BCUT2D eigenvalue weighted by molar-refractivity contribution is 8.00. The molecule has 2 heterocycles. The number of benzene rings is 5. The zero-order valence-electron chi connectivity index (χ0n) is 82.7. The van der Waals surface area contributed by atoms with Crippen molar-refractivity contribution in [3.05, 3.63) is 161 Å². The lowest BCUT2D eigenvalue weighted by Crippen LogP contribution is -2.62. The number of carbonyl (C=O) groups is 17. The summed E-state index contributed by atoms with van der Waals surface area (Å²) in [6, 6.07) is 10.8. The summed E-state index contributed by atoms with van der Waals surface area (Å²) in [4.78, 5) is 255. The van der Waals surface area contributed by atoms with Crippen LogP contribution in [0.25, 0.3) is 22.0 Å². The number of aliphatic hydroxyl groups is 1. The first-order valence-corrected chi connectivity index (χ1v) is 48.7. The number of aromatic nitrogens is 1. The molecule has 0 radical (unpaired) electrons. The van der Waals surface area contributed by atoms with Gasteiger partial charge in [-0.05, 0) is 141 Å². The van der Waals surface area contributed by atoms with Crippen LogP contribution < -0.4 is 102 Å². The second-order valence-corrected chi connectivity index (χ2v) is 38.3. The Labute approximate surface area is 834 Å². The van der Waals surface area contributed by atoms with E-state index in [1.165, 1.54) is 59.0 Å². The highest BCUT2D eigenvalue weighted by Crippen LogP contribution is 2.26. The number of H-pyrrole nitrogens is 1. The number of likely N-dealkylation sites (N-methyl/N-ethyl adjacent to an activating group) is 1. The Bertz CT molecular complexity index is 5440. The fraction of sp³-hybridized carbons (Fsp3) is 0.485. The molecule has 1 fully saturated rings. The van der Waals surface area contributed by atoms with E-state index in [1.807, 2.05) is 43.3 Å². The maximum atomic E-state index is 15.6. The second-order valence-electron chi connectivity index (χ2n) is 37.3. The van der Waals surface area contributed by atoms with Crippen LogP contribution in [0.4, 0.5) is 0 Å². The number of phenols is 1. The molecule has 0 aliphatic carbocycles. The molecule has 44 heteroatoms. The van der Waals surface area contributed by atoms with Crippen molar-refractivity contribution in [2.75, 3.05) is 31.6 Å². The number of rotatable bonds is 29. The van der Waals surface area contributed by atoms with Gasteiger partial charge in [0.15, 0.2) is 11.9 Å². The molecule has 1 aliphatic rings. The average molecular weight is 2000 g/mol. The van der Waals surface area contributed by atoms with Gasteiger partial charge in [-0.3, -0.25) is 92.3 Å². The number of fused-ring (bicyclic) bond motifs is 1. The van der Waals surface area contributed by atoms with Crippen LogP contribution >= 0.6 is 11.8 Å². The van der Waals surface area contributed by atoms with Crippen molar-refractivity contribution in [2.24, 2.45) is 40.9 Å². The van der Waals surface area contributed by atoms with Crippen molar-refractivity contribution in [1.29, 1.82) is 10.8 Å². The number of carbonyl (C=O) groups excluding carboxylic acids is 16. The molecule has 0 unspecified atom stereocenters. The molecule has 0 saturated carbocycles. The van der Waals surface area contributed by atoms with Crippen molar-refractivity contribution in [3.8, 4) is 16.9 Å². The Morgan fingerprint density at radius 3 is 1.38 bits per heavy atom. The molecule has 143 heavy (non-hydrogen) atoms. The molecule has 7 rings (SSSR count). The maximum Gasteiger partial charge on any atom is 0.305 e. The number of guanidine groups is 2. The number of carboxylic acids is 1. The molecule has 6 aromatic rings. The zero-order valence-corrected chi connectivity index (χ0v) is 83.5. The molecule has 43 nitrogen and oxygen atoms in total. The summed E-state index contributed by atoms with van der Waals surface area (Å²) in [7, 11) is 1.27. The molecule has 16 amide bonds. The fourth-order valence-corrected chi connectivity index (χ4v) is 16.6. The van der Waals surface area contributed by atoms with Gasteiger partial charge in [0, 0.05) is 68.7 Å². The van der Waals surface area contributed by atoms with Crippen LogP contribution in [0.15, 0.2) is 134 Å². The lowest BCUT2D eigenvalue weighted by molar-refractivity contribution is -0.143. The number of thioether (sulfide) groups is 1. The van der Waals surface area contributed by atoms with Gasteiger partial charge in [0.2, 0.25) is 94.5 Å². The van der Waals surface area contributed by atoms with E-state index in [-0.39, 0.29) is 94.0 Å². The van der Waals surface area contributed by atoms with Gasteiger partial charge in [0.25, 0.3) is 0 Å². The molecule has 776 valence electrons. The smallest absolute Gasteiger partial charge is 0.305 e. The number of hydrogen-bond acceptors (Lipinski definition) is 22. The normalized spacial score (nSPS) is 22.9. The third kappa shape index (κ3) is 37.0. The first-order chi connectivity index (χ1) is 67.6. The summed E-state index contributed by atoms with van der Waals surface area (Å²) in [6.45, 7) is 18.7. The Morgan fingerprint density at radius 2 is 0.867 bits per heavy atom. The molecular weight excluding hydrogens is 1860 g/mol. The third-order valence-electron chi connectivity index (χ3n) is 23.9. The SMILES string of the molecule is Cc1cccc2c(C[C@@H]3NC(=O)[C@H](CC(=O)O)NC(=O)[C@H](Cc4ccc(O)cc4)NC(=O)[C@H](Cc4ccccc4)NC(=O)CSC[C@@H](C(=O)N[C@@H](C)C(N)=O)NC(=O)[C@H]([C@@H](C)O)NC(=O)[C@H](C(C)C)NC(=O)[C@H](CC(C)C)NC(=O)[C@H](CCCNC(=N)N)NC(=O)[C@@H](CC(C)C)NC(=O)[C@H](C)N(C)C(=O)[C@H](CCCNC(=N)N)NC(=O)[C@H](Cc4ccc(-c5ccccc5)cc4)NC(=O)[C@H](C(C)C)NC3=O)c[nH]c12. The number of carboxylic acid groups (broad SMARTS) is 1. The van der Waals surface area contributed by atoms with E-state index in [0.717, 1.165) is 28.5 Å². The monoisotopic (exact) mass is 2000 g/mol. The Morgan fingerprint density at radius 1 is 0.462 bits per heavy atom. The Hall–Kier alpha value is -14.7. The van der Waals surface area contributed by atoms with Gasteiger partial charge in [-0.2, -0.15) is 0 Å². The highest BCUT2D eigenvalue weighted by atomic mass is 32.2. The highest BCUT2D eigenvalue weighted by Gasteiger charge is 2.42. The summed E-state index contributed by atoms with van der Waals surface area (Å²) in [5.74, 6) is -22.4. The van der Waals surface area contributed by atoms with Crippen molar-refractivity contribution >= 4 is 135 Å². The fourth-order valence-electron chi connectivity index (χ4n) is 15.7. The van der Waals surface area contributed by atoms with E-state index >= 15 is 33.6 Å². The molecule has 5 aromatic carbocycles. The first-order valence-electron chi connectivity index (χ1n) is 47.5. The predicted molar refractivity (Wildman–Crippen MR) is 537 cm³/mol. The number of phenolic OH excluding ortho intramolecular Hbond substituents is 1. The number of para-hydroxylation sites is 1. The first kappa shape index (κ1) is 115. The lowest BCUT2D eigenvalue weighted by atomic mass is 9.97. The lowest BCUT2D eigenvalue weighted by Gasteiger charge is -2.32. The van der Waals surface area contributed by atoms with Crippen LogP contribution in [0.2, 0.25) is 0 Å². The number of nitrogens with zero attached hydrogens (tertiary/aromatic N) is 1. The topological polar surface area (TPSA) is 688 Å². The molecule has 0 bridgehead atoms. The molecule has 1 aromatic heterocycles. The third-order valence-corrected chi connectivity index (χ3v) is 24.9. The number of primary amides is 1. The van der Waals surface area contributed by atoms with Gasteiger partial charge in [0.05, 0.1) is 18.3 Å². The van der Waals surface area contributed by atoms with Crippen LogP contribution in [0.1, 0.15) is 149 Å². The van der Waals surface area contributed by atoms with E-state index < -0.39 is 245 Å². The summed E-state index contributed by atoms with van der Waals surface area (Å²) < 4.78 is 0. The number of hydrogen-bond donors (Lipinski definition) is 25. The van der Waals surface area contributed by atoms with Gasteiger partial charge in [0.1, 0.15) is 96.4 Å². The van der Waals surface area contributed by atoms with Crippen LogP contribution in [-0.4, -0.2) is 266 Å². The average Bonchev–Trinajstić information content (AvgIpc) is 1.67. The summed E-state index contributed by atoms with van der Waals surface area (Å²) >= 11 is 0.709. The Balaban J connectivity index is 1.36. The van der Waals surface area contributed by atoms with Crippen LogP contribution in [0, 0.1) is 41.4 Å². The number of aliphatic hydroxyl groups excluding tert-OH is 1. The van der Waals surface area contributed by atoms with Crippen LogP contribution in [0.3, 0.4) is 0 Å². The van der Waals surface area contributed by atoms with Gasteiger partial charge in [-0.1, -0.05) is 171 Å². The maximum absolute atomic E-state index is 15.6. The quantitative estimate of drug-likeness (QED) is 0.0164. The number of amides is 16. The Kier molecular flexibility index (Phi) is 45.2. The minimum absolute atomic E-state index is 0.00506. The summed E-state index contributed by atoms with van der Waals surface area (Å²) in [5.41, 5.74) is 21.5. The van der Waals surface area contributed by atoms with Crippen molar-refractivity contribution in [1.82, 2.24) is 95.0 Å². The number of aromatic hydroxyl groups is 1. The molecule has 16 atom stereocenters. The summed E-state index contributed by atoms with van der Waals surface area (Å²) in [5, 5.41) is 90.7. The van der Waals surface area contributed by atoms with E-state index in [4.69, 9.17) is 28.0 Å². The molecule has 1 saturated heterocycles. The van der Waals surface area contributed by atoms with Gasteiger partial charge in [-0.15, -0.1) is 11.8 Å². The standard InChI is InChI=1S/C99H139N23O20S/c1-51(2)41-69-86(131)110-67(29-21-39-105-98(101)102)85(130)113-70(42-52(3)4)91(136)120-80(54(7)8)95(140)121-82(58(12)123)96(141)118-76(93(138)108-56(10)83(100)128)49-143-50-77(125)109-71(43-59-24-16-14-17-25-59)87(132)114-72(45-61-33-37-65(124)38-34-61)89(134)116-75(47-78(126)127)90(135)115-74(46-64-48-107-81-55(9)23-20-28-66(64)81)92(137)119-79(53(5)6)94(139)117-73(44-60-31-35-63(36-32-60)62-26-18-15-19-27-62)88(133)111-68(30-22-40-106-99(103)104)97(142)122(13)57(11)84(129)112-69/h14-20,23-28,31-38,48,51-54,56-58,67-76,79-80,82,107,123-124H,21-22,29-30,39-47,49-50H2,1-13H3,(H2,100,128)(H,108,138)(H,109,125)(H,110,131)(H,111,133)(H,112,129)(H,113,130)(H,114,132)(H,115,135)(H,116,134)(H,117,139)(H,118,141)(H,119,137)(H,120,136)(H,121,140)(H,126,127)(H4,101,102,105)(H4,103,104,106)/t56-,57-,58+,67-,68-,69+,70-,71-,72-,73-,74-,75-,76-,79-,80-,82-/m0/s1. The van der Waals surface area contributed by atoms with E-state index in [0.29, 0.717) is 39.4 Å². The summed E-state index contributed by atoms with van der Waals surface area (Å²) in [6.07, 6.45) is -3.17. The van der Waals surface area contributed by atoms with Crippen LogP contribution in [0.5, 0.6) is 5.75 Å². The van der Waals surface area contributed by atoms with Crippen molar-refractivity contribution in [2.45, 2.75) is 250 Å². The number of aromatic amines is 1. The molecule has 28 N–H and O–H groups in total. The number of nitrogens with one attached hydrogen (secondary N) is 19. The predicted octanol–water partition coefficient (Wildman–Crippen LogP) is -0.208. The van der Waals surface area contributed by atoms with Gasteiger partial charge < -0.3 is 127 Å². The van der Waals surface area contributed by atoms with Gasteiger partial charge >= 0.3 is 5.97 Å². The van der Waals surface area contributed by atoms with E-state index in [2.05, 4.69) is 90.1 Å². The molecule has 1 aliphatic heterocycles. The molecular formula is C99H139N23O20S. The number of aliphatic carboxylic acids is 1. The minimum atomic E-state index is -2.09. The van der Waals surface area contributed by atoms with E-state index in [9.17, 15) is 63.3 Å². The molecule has 0 spiro atoms. The zero-order chi connectivity index (χ0) is 106. The number of nitrogens with two attached hydrogens (primary N) is 3. The minimum Gasteiger partial charge on any atom is -0.508 e. The van der Waals surface area contributed by atoms with E-state index in [1.54, 1.807) is 114 Å². The van der Waals surface area contributed by atoms with Crippen LogP contribution in [-0.2, 0) is 107 Å². The second kappa shape index (κ2) is 56.1. The van der Waals surface area contributed by atoms with Crippen molar-refractivity contribution < 1.29 is 96.8 Å². The largest absolute Gasteiger partial charge is 0.508 e. The number of aryl methyl sites for hydroxylation is 1.